The molecular formula is C11H13FN4S. The summed E-state index contributed by atoms with van der Waals surface area (Å²) in [6, 6.07) is 6.74. The summed E-state index contributed by atoms with van der Waals surface area (Å²) in [4.78, 5) is 1.95. The Kier molecular flexibility index (Phi) is 3.65. The molecule has 2 N–H and O–H groups in total. The number of nitrogen functional groups attached to an aromatic ring is 1. The molecule has 90 valence electrons. The summed E-state index contributed by atoms with van der Waals surface area (Å²) in [5.41, 5.74) is 7.11. The van der Waals surface area contributed by atoms with E-state index in [9.17, 15) is 4.39 Å². The lowest BCUT2D eigenvalue weighted by molar-refractivity contribution is 0.310. The number of hydrogen-bond donors (Lipinski definition) is 1. The van der Waals surface area contributed by atoms with Crippen molar-refractivity contribution in [1.29, 1.82) is 0 Å². The summed E-state index contributed by atoms with van der Waals surface area (Å²) in [5.74, 6) is -0.191. The van der Waals surface area contributed by atoms with Crippen LogP contribution in [0, 0.1) is 5.82 Å². The van der Waals surface area contributed by atoms with Crippen molar-refractivity contribution in [2.24, 2.45) is 0 Å². The first-order chi connectivity index (χ1) is 8.16. The number of nitrogens with two attached hydrogens (primary N) is 1. The molecule has 4 nitrogen and oxygen atoms in total. The van der Waals surface area contributed by atoms with Crippen molar-refractivity contribution in [1.82, 2.24) is 14.5 Å². The van der Waals surface area contributed by atoms with Crippen LogP contribution >= 0.6 is 11.5 Å². The van der Waals surface area contributed by atoms with E-state index in [0.717, 1.165) is 5.69 Å². The first kappa shape index (κ1) is 11.9. The van der Waals surface area contributed by atoms with Crippen molar-refractivity contribution >= 4 is 16.5 Å². The van der Waals surface area contributed by atoms with Gasteiger partial charge in [0, 0.05) is 30.2 Å². The lowest BCUT2D eigenvalue weighted by Gasteiger charge is -2.15. The number of halogens is 1. The van der Waals surface area contributed by atoms with Gasteiger partial charge in [0.15, 0.2) is 0 Å². The molecule has 0 spiro atoms. The Morgan fingerprint density at radius 1 is 1.35 bits per heavy atom. The number of anilines is 1. The van der Waals surface area contributed by atoms with Crippen LogP contribution in [0.25, 0.3) is 0 Å². The lowest BCUT2D eigenvalue weighted by atomic mass is 10.2. The summed E-state index contributed by atoms with van der Waals surface area (Å²) < 4.78 is 17.2. The van der Waals surface area contributed by atoms with Crippen molar-refractivity contribution in [2.75, 3.05) is 12.8 Å². The SMILES string of the molecule is CN(Cc1ccccc1F)Cc1nnsc1N. The van der Waals surface area contributed by atoms with Crippen LogP contribution in [0.5, 0.6) is 0 Å². The van der Waals surface area contributed by atoms with Gasteiger partial charge in [-0.1, -0.05) is 22.7 Å². The molecule has 2 aromatic rings. The molecule has 0 bridgehead atoms. The van der Waals surface area contributed by atoms with Crippen molar-refractivity contribution in [3.05, 3.63) is 41.3 Å². The van der Waals surface area contributed by atoms with Crippen molar-refractivity contribution in [2.45, 2.75) is 13.1 Å². The Bertz CT molecular complexity index is 500. The van der Waals surface area contributed by atoms with Crippen LogP contribution in [0.15, 0.2) is 24.3 Å². The molecule has 0 radical (unpaired) electrons. The van der Waals surface area contributed by atoms with Gasteiger partial charge < -0.3 is 5.73 Å². The third-order valence-corrected chi connectivity index (χ3v) is 3.00. The molecular weight excluding hydrogens is 239 g/mol. The van der Waals surface area contributed by atoms with Gasteiger partial charge in [-0.15, -0.1) is 5.10 Å². The lowest BCUT2D eigenvalue weighted by Crippen LogP contribution is -2.18. The van der Waals surface area contributed by atoms with Crippen LogP contribution in [0.1, 0.15) is 11.3 Å². The fourth-order valence-electron chi connectivity index (χ4n) is 1.55. The average molecular weight is 252 g/mol. The molecule has 6 heteroatoms. The fourth-order valence-corrected chi connectivity index (χ4v) is 1.99. The van der Waals surface area contributed by atoms with Crippen LogP contribution in [0.3, 0.4) is 0 Å². The minimum atomic E-state index is -0.191. The molecule has 0 aliphatic rings. The van der Waals surface area contributed by atoms with Crippen LogP contribution < -0.4 is 5.73 Å². The zero-order chi connectivity index (χ0) is 12.3. The molecule has 0 fully saturated rings. The largest absolute Gasteiger partial charge is 0.388 e. The molecule has 17 heavy (non-hydrogen) atoms. The molecule has 0 unspecified atom stereocenters. The minimum absolute atomic E-state index is 0.191. The van der Waals surface area contributed by atoms with E-state index in [0.29, 0.717) is 23.7 Å². The number of nitrogens with zero attached hydrogens (tertiary/aromatic N) is 3. The van der Waals surface area contributed by atoms with E-state index >= 15 is 0 Å². The van der Waals surface area contributed by atoms with Gasteiger partial charge in [-0.25, -0.2) is 4.39 Å². The Labute approximate surface area is 103 Å². The van der Waals surface area contributed by atoms with Crippen molar-refractivity contribution < 1.29 is 4.39 Å². The standard InChI is InChI=1S/C11H13FN4S/c1-16(7-10-11(13)17-15-14-10)6-8-4-2-3-5-9(8)12/h2-5H,6-7,13H2,1H3. The zero-order valence-corrected chi connectivity index (χ0v) is 10.2. The number of benzene rings is 1. The molecule has 0 saturated carbocycles. The number of aromatic nitrogens is 2. The minimum Gasteiger partial charge on any atom is -0.388 e. The number of hydrogen-bond acceptors (Lipinski definition) is 5. The predicted octanol–water partition coefficient (Wildman–Crippen LogP) is 1.89. The van der Waals surface area contributed by atoms with E-state index in [1.807, 2.05) is 18.0 Å². The van der Waals surface area contributed by atoms with Gasteiger partial charge in [0.05, 0.1) is 0 Å². The van der Waals surface area contributed by atoms with E-state index in [-0.39, 0.29) is 5.82 Å². The molecule has 0 saturated heterocycles. The fraction of sp³-hybridized carbons (Fsp3) is 0.273. The second-order valence-corrected chi connectivity index (χ2v) is 4.63. The highest BCUT2D eigenvalue weighted by atomic mass is 32.1. The maximum atomic E-state index is 13.4. The first-order valence-electron chi connectivity index (χ1n) is 5.15. The van der Waals surface area contributed by atoms with E-state index in [2.05, 4.69) is 9.59 Å². The molecule has 1 aromatic carbocycles. The maximum Gasteiger partial charge on any atom is 0.132 e. The van der Waals surface area contributed by atoms with Gasteiger partial charge >= 0.3 is 0 Å². The van der Waals surface area contributed by atoms with Gasteiger partial charge in [0.2, 0.25) is 0 Å². The molecule has 0 amide bonds. The molecule has 0 atom stereocenters. The quantitative estimate of drug-likeness (QED) is 0.903. The van der Waals surface area contributed by atoms with Gasteiger partial charge in [-0.3, -0.25) is 4.90 Å². The van der Waals surface area contributed by atoms with Gasteiger partial charge in [0.1, 0.15) is 16.5 Å². The Morgan fingerprint density at radius 3 is 2.76 bits per heavy atom. The zero-order valence-electron chi connectivity index (χ0n) is 9.43. The van der Waals surface area contributed by atoms with E-state index in [1.54, 1.807) is 12.1 Å². The summed E-state index contributed by atoms with van der Waals surface area (Å²) in [6.07, 6.45) is 0. The summed E-state index contributed by atoms with van der Waals surface area (Å²) >= 11 is 1.17. The highest BCUT2D eigenvalue weighted by Crippen LogP contribution is 2.16. The van der Waals surface area contributed by atoms with Crippen LogP contribution in [0.2, 0.25) is 0 Å². The topological polar surface area (TPSA) is 55.0 Å². The van der Waals surface area contributed by atoms with Gasteiger partial charge in [-0.05, 0) is 13.1 Å². The van der Waals surface area contributed by atoms with E-state index < -0.39 is 0 Å². The van der Waals surface area contributed by atoms with E-state index in [1.165, 1.54) is 17.6 Å². The molecule has 2 rings (SSSR count). The Hall–Kier alpha value is -1.53. The normalized spacial score (nSPS) is 11.0. The third-order valence-electron chi connectivity index (χ3n) is 2.40. The van der Waals surface area contributed by atoms with Gasteiger partial charge in [-0.2, -0.15) is 0 Å². The van der Waals surface area contributed by atoms with Crippen LogP contribution in [0.4, 0.5) is 9.39 Å². The highest BCUT2D eigenvalue weighted by molar-refractivity contribution is 7.09. The first-order valence-corrected chi connectivity index (χ1v) is 5.93. The molecule has 0 aliphatic heterocycles. The molecule has 0 aliphatic carbocycles. The maximum absolute atomic E-state index is 13.4. The smallest absolute Gasteiger partial charge is 0.132 e. The highest BCUT2D eigenvalue weighted by Gasteiger charge is 2.09. The second kappa shape index (κ2) is 5.20. The predicted molar refractivity (Wildman–Crippen MR) is 65.9 cm³/mol. The van der Waals surface area contributed by atoms with Crippen LogP contribution in [-0.4, -0.2) is 21.5 Å². The third kappa shape index (κ3) is 2.98. The van der Waals surface area contributed by atoms with Crippen molar-refractivity contribution in [3.8, 4) is 0 Å². The summed E-state index contributed by atoms with van der Waals surface area (Å²) in [5, 5.41) is 4.54. The summed E-state index contributed by atoms with van der Waals surface area (Å²) in [7, 11) is 1.89. The average Bonchev–Trinajstić information content (AvgIpc) is 2.68. The van der Waals surface area contributed by atoms with Crippen molar-refractivity contribution in [3.63, 3.8) is 0 Å². The number of rotatable bonds is 4. The monoisotopic (exact) mass is 252 g/mol. The van der Waals surface area contributed by atoms with Crippen LogP contribution in [-0.2, 0) is 13.1 Å². The molecule has 1 aromatic heterocycles. The Balaban J connectivity index is 2.01. The van der Waals surface area contributed by atoms with Gasteiger partial charge in [0.25, 0.3) is 0 Å². The molecule has 1 heterocycles. The summed E-state index contributed by atoms with van der Waals surface area (Å²) in [6.45, 7) is 1.08. The Morgan fingerprint density at radius 2 is 2.12 bits per heavy atom. The second-order valence-electron chi connectivity index (χ2n) is 3.85. The van der Waals surface area contributed by atoms with E-state index in [4.69, 9.17) is 5.73 Å².